The van der Waals surface area contributed by atoms with Gasteiger partial charge in [0.1, 0.15) is 0 Å². The van der Waals surface area contributed by atoms with E-state index in [4.69, 9.17) is 9.05 Å². The minimum Gasteiger partial charge on any atom is -0.304 e. The Morgan fingerprint density at radius 3 is 1.46 bits per heavy atom. The van der Waals surface area contributed by atoms with Crippen molar-refractivity contribution in [3.8, 4) is 0 Å². The van der Waals surface area contributed by atoms with Crippen LogP contribution >= 0.6 is 7.60 Å². The number of aryl methyl sites for hydroxylation is 1. The predicted octanol–water partition coefficient (Wildman–Crippen LogP) is 6.64. The first-order chi connectivity index (χ1) is 13.7. The van der Waals surface area contributed by atoms with Crippen molar-refractivity contribution in [3.63, 3.8) is 0 Å². The largest absolute Gasteiger partial charge is 0.331 e. The van der Waals surface area contributed by atoms with Crippen LogP contribution in [0.4, 0.5) is 0 Å². The Morgan fingerprint density at radius 2 is 1.00 bits per heavy atom. The van der Waals surface area contributed by atoms with Gasteiger partial charge >= 0.3 is 7.60 Å². The molecule has 3 aromatic carbocycles. The summed E-state index contributed by atoms with van der Waals surface area (Å²) in [5, 5.41) is 0. The molecule has 3 nitrogen and oxygen atoms in total. The van der Waals surface area contributed by atoms with Crippen LogP contribution in [0, 0.1) is 0 Å². The van der Waals surface area contributed by atoms with E-state index in [1.165, 1.54) is 5.56 Å². The molecule has 0 fully saturated rings. The molecule has 3 aromatic rings. The third-order valence-corrected chi connectivity index (χ3v) is 6.44. The predicted molar refractivity (Wildman–Crippen MR) is 114 cm³/mol. The first-order valence-corrected chi connectivity index (χ1v) is 11.5. The van der Waals surface area contributed by atoms with Gasteiger partial charge in [0.2, 0.25) is 0 Å². The molecule has 4 heteroatoms. The molecular formula is C24H27O3P. The quantitative estimate of drug-likeness (QED) is 0.270. The molecule has 0 atom stereocenters. The SMILES string of the molecule is O=P(CCCCc1ccccc1)(OCc1ccccc1)OCc1ccccc1. The van der Waals surface area contributed by atoms with Crippen molar-refractivity contribution in [1.29, 1.82) is 0 Å². The monoisotopic (exact) mass is 394 g/mol. The van der Waals surface area contributed by atoms with E-state index in [0.29, 0.717) is 19.4 Å². The molecular weight excluding hydrogens is 367 g/mol. The van der Waals surface area contributed by atoms with Crippen LogP contribution in [-0.2, 0) is 33.2 Å². The van der Waals surface area contributed by atoms with Gasteiger partial charge in [-0.25, -0.2) is 0 Å². The number of unbranched alkanes of at least 4 members (excludes halogenated alkanes) is 1. The van der Waals surface area contributed by atoms with Crippen molar-refractivity contribution in [2.45, 2.75) is 32.5 Å². The molecule has 28 heavy (non-hydrogen) atoms. The Bertz CT molecular complexity index is 803. The van der Waals surface area contributed by atoms with E-state index in [9.17, 15) is 4.57 Å². The molecule has 3 rings (SSSR count). The van der Waals surface area contributed by atoms with Gasteiger partial charge in [0.25, 0.3) is 0 Å². The Balaban J connectivity index is 1.55. The number of hydrogen-bond donors (Lipinski definition) is 0. The fourth-order valence-corrected chi connectivity index (χ4v) is 4.58. The third-order valence-electron chi connectivity index (χ3n) is 4.53. The molecule has 0 radical (unpaired) electrons. The highest BCUT2D eigenvalue weighted by molar-refractivity contribution is 7.53. The average molecular weight is 394 g/mol. The standard InChI is InChI=1S/C24H27O3P/c25-28(26-20-23-15-6-2-7-16-23,27-21-24-17-8-3-9-18-24)19-11-10-14-22-12-4-1-5-13-22/h1-9,12-13,15-18H,10-11,14,19-21H2. The summed E-state index contributed by atoms with van der Waals surface area (Å²) in [7, 11) is -3.17. The molecule has 0 aromatic heterocycles. The highest BCUT2D eigenvalue weighted by atomic mass is 31.2. The van der Waals surface area contributed by atoms with Crippen molar-refractivity contribution >= 4 is 7.60 Å². The summed E-state index contributed by atoms with van der Waals surface area (Å²) < 4.78 is 25.0. The Morgan fingerprint density at radius 1 is 0.571 bits per heavy atom. The van der Waals surface area contributed by atoms with Gasteiger partial charge in [-0.1, -0.05) is 91.0 Å². The van der Waals surface area contributed by atoms with E-state index < -0.39 is 7.60 Å². The topological polar surface area (TPSA) is 35.5 Å². The van der Waals surface area contributed by atoms with Gasteiger partial charge in [-0.2, -0.15) is 0 Å². The van der Waals surface area contributed by atoms with E-state index in [1.54, 1.807) is 0 Å². The maximum absolute atomic E-state index is 13.3. The zero-order valence-electron chi connectivity index (χ0n) is 16.1. The summed E-state index contributed by atoms with van der Waals surface area (Å²) in [6, 6.07) is 30.0. The normalized spacial score (nSPS) is 11.4. The summed E-state index contributed by atoms with van der Waals surface area (Å²) in [5.74, 6) is 0. The molecule has 0 unspecified atom stereocenters. The smallest absolute Gasteiger partial charge is 0.304 e. The fourth-order valence-electron chi connectivity index (χ4n) is 2.94. The molecule has 0 aliphatic carbocycles. The molecule has 0 aliphatic rings. The Kier molecular flexibility index (Phi) is 8.05. The number of hydrogen-bond acceptors (Lipinski definition) is 3. The molecule has 0 saturated carbocycles. The zero-order chi connectivity index (χ0) is 19.5. The van der Waals surface area contributed by atoms with Crippen molar-refractivity contribution < 1.29 is 13.6 Å². The highest BCUT2D eigenvalue weighted by Crippen LogP contribution is 2.50. The van der Waals surface area contributed by atoms with Gasteiger partial charge in [-0.15, -0.1) is 0 Å². The minimum atomic E-state index is -3.17. The van der Waals surface area contributed by atoms with E-state index in [-0.39, 0.29) is 0 Å². The minimum absolute atomic E-state index is 0.297. The fraction of sp³-hybridized carbons (Fsp3) is 0.250. The maximum atomic E-state index is 13.3. The molecule has 0 N–H and O–H groups in total. The molecule has 146 valence electrons. The van der Waals surface area contributed by atoms with Crippen molar-refractivity contribution in [1.82, 2.24) is 0 Å². The van der Waals surface area contributed by atoms with Crippen molar-refractivity contribution in [3.05, 3.63) is 108 Å². The second-order valence-corrected chi connectivity index (χ2v) is 8.98. The zero-order valence-corrected chi connectivity index (χ0v) is 17.0. The Hall–Kier alpha value is -2.19. The van der Waals surface area contributed by atoms with E-state index in [2.05, 4.69) is 12.1 Å². The molecule has 0 heterocycles. The molecule has 0 saturated heterocycles. The molecule has 0 bridgehead atoms. The van der Waals surface area contributed by atoms with Gasteiger partial charge < -0.3 is 9.05 Å². The summed E-state index contributed by atoms with van der Waals surface area (Å²) >= 11 is 0. The average Bonchev–Trinajstić information content (AvgIpc) is 2.76. The lowest BCUT2D eigenvalue weighted by Crippen LogP contribution is -2.02. The van der Waals surface area contributed by atoms with E-state index >= 15 is 0 Å². The van der Waals surface area contributed by atoms with Crippen LogP contribution in [0.5, 0.6) is 0 Å². The summed E-state index contributed by atoms with van der Waals surface area (Å²) in [6.07, 6.45) is 3.16. The first kappa shape index (κ1) is 20.5. The second kappa shape index (κ2) is 11.0. The van der Waals surface area contributed by atoms with Gasteiger partial charge in [-0.3, -0.25) is 4.57 Å². The number of benzene rings is 3. The first-order valence-electron chi connectivity index (χ1n) is 9.73. The van der Waals surface area contributed by atoms with Crippen LogP contribution in [0.15, 0.2) is 91.0 Å². The van der Waals surface area contributed by atoms with Crippen LogP contribution in [0.1, 0.15) is 29.5 Å². The number of rotatable bonds is 11. The van der Waals surface area contributed by atoms with Crippen LogP contribution in [0.25, 0.3) is 0 Å². The van der Waals surface area contributed by atoms with E-state index in [0.717, 1.165) is 30.4 Å². The summed E-state index contributed by atoms with van der Waals surface area (Å²) in [4.78, 5) is 0. The van der Waals surface area contributed by atoms with E-state index in [1.807, 2.05) is 78.9 Å². The van der Waals surface area contributed by atoms with Gasteiger partial charge in [-0.05, 0) is 36.0 Å². The van der Waals surface area contributed by atoms with Crippen molar-refractivity contribution in [2.75, 3.05) is 6.16 Å². The van der Waals surface area contributed by atoms with Gasteiger partial charge in [0.15, 0.2) is 0 Å². The lowest BCUT2D eigenvalue weighted by molar-refractivity contribution is 0.190. The third kappa shape index (κ3) is 7.09. The Labute approximate surface area is 167 Å². The van der Waals surface area contributed by atoms with Crippen molar-refractivity contribution in [2.24, 2.45) is 0 Å². The lowest BCUT2D eigenvalue weighted by atomic mass is 10.1. The summed E-state index contributed by atoms with van der Waals surface area (Å²) in [5.41, 5.74) is 3.29. The second-order valence-electron chi connectivity index (χ2n) is 6.80. The van der Waals surface area contributed by atoms with Gasteiger partial charge in [0.05, 0.1) is 19.4 Å². The highest BCUT2D eigenvalue weighted by Gasteiger charge is 2.24. The molecule has 0 aliphatic heterocycles. The summed E-state index contributed by atoms with van der Waals surface area (Å²) in [6.45, 7) is 0.594. The molecule has 0 amide bonds. The maximum Gasteiger partial charge on any atom is 0.331 e. The van der Waals surface area contributed by atoms with Gasteiger partial charge in [0, 0.05) is 0 Å². The lowest BCUT2D eigenvalue weighted by Gasteiger charge is -2.19. The van der Waals surface area contributed by atoms with Crippen LogP contribution in [-0.4, -0.2) is 6.16 Å². The van der Waals surface area contributed by atoms with Crippen LogP contribution in [0.2, 0.25) is 0 Å². The van der Waals surface area contributed by atoms with Crippen LogP contribution in [0.3, 0.4) is 0 Å². The van der Waals surface area contributed by atoms with Crippen LogP contribution < -0.4 is 0 Å². The molecule has 0 spiro atoms.